The van der Waals surface area contributed by atoms with Crippen LogP contribution >= 0.6 is 22.7 Å². The number of hydrogen-bond donors (Lipinski definition) is 0. The molecule has 2 aliphatic rings. The van der Waals surface area contributed by atoms with Gasteiger partial charge in [-0.1, -0.05) is 127 Å². The van der Waals surface area contributed by atoms with Crippen LogP contribution in [0, 0.1) is 5.92 Å². The van der Waals surface area contributed by atoms with Crippen LogP contribution in [0.1, 0.15) is 21.9 Å². The normalized spacial score (nSPS) is 16.5. The summed E-state index contributed by atoms with van der Waals surface area (Å²) in [7, 11) is 0. The second kappa shape index (κ2) is 11.6. The fourth-order valence-corrected chi connectivity index (χ4v) is 10.0. The summed E-state index contributed by atoms with van der Waals surface area (Å²) in [6.07, 6.45) is 11.9. The lowest BCUT2D eigenvalue weighted by Gasteiger charge is -2.28. The van der Waals surface area contributed by atoms with Gasteiger partial charge in [-0.05, 0) is 81.8 Å². The fraction of sp³-hybridized carbons (Fsp3) is 0.0435. The largest absolute Gasteiger partial charge is 0.309 e. The van der Waals surface area contributed by atoms with E-state index in [1.54, 1.807) is 0 Å². The molecule has 6 aromatic carbocycles. The number of hydrogen-bond acceptors (Lipinski definition) is 3. The van der Waals surface area contributed by atoms with Gasteiger partial charge in [0.05, 0.1) is 10.4 Å². The number of benzene rings is 6. The summed E-state index contributed by atoms with van der Waals surface area (Å²) in [5.74, 6) is 0.741. The second-order valence-corrected chi connectivity index (χ2v) is 15.0. The predicted molar refractivity (Wildman–Crippen MR) is 214 cm³/mol. The lowest BCUT2D eigenvalue weighted by Crippen LogP contribution is -2.13. The van der Waals surface area contributed by atoms with Crippen molar-refractivity contribution in [3.8, 4) is 11.1 Å². The third kappa shape index (κ3) is 4.81. The summed E-state index contributed by atoms with van der Waals surface area (Å²) >= 11 is 3.78. The first-order valence-corrected chi connectivity index (χ1v) is 18.5. The van der Waals surface area contributed by atoms with Gasteiger partial charge >= 0.3 is 0 Å². The minimum absolute atomic E-state index is 0.348. The molecule has 3 heteroatoms. The Morgan fingerprint density at radius 1 is 0.469 bits per heavy atom. The Bertz CT molecular complexity index is 2600. The minimum Gasteiger partial charge on any atom is -0.309 e. The van der Waals surface area contributed by atoms with E-state index in [0.717, 1.165) is 11.4 Å². The van der Waals surface area contributed by atoms with Crippen LogP contribution in [0.5, 0.6) is 0 Å². The molecule has 8 aromatic rings. The topological polar surface area (TPSA) is 3.24 Å². The Hall–Kier alpha value is -5.48. The average molecular weight is 662 g/mol. The van der Waals surface area contributed by atoms with Crippen molar-refractivity contribution >= 4 is 81.6 Å². The van der Waals surface area contributed by atoms with Gasteiger partial charge in [0, 0.05) is 48.3 Å². The zero-order valence-corrected chi connectivity index (χ0v) is 28.3. The Kier molecular flexibility index (Phi) is 6.75. The molecular formula is C46H31NS2. The molecule has 0 saturated heterocycles. The number of allylic oxidation sites excluding steroid dienone is 5. The average Bonchev–Trinajstić information content (AvgIpc) is 3.75. The summed E-state index contributed by atoms with van der Waals surface area (Å²) in [5, 5.41) is 4.01. The van der Waals surface area contributed by atoms with Gasteiger partial charge in [0.25, 0.3) is 0 Å². The van der Waals surface area contributed by atoms with Crippen molar-refractivity contribution in [3.63, 3.8) is 0 Å². The van der Waals surface area contributed by atoms with Gasteiger partial charge in [-0.2, -0.15) is 0 Å². The second-order valence-electron chi connectivity index (χ2n) is 12.9. The molecule has 0 bridgehead atoms. The van der Waals surface area contributed by atoms with E-state index in [1.807, 2.05) is 22.7 Å². The lowest BCUT2D eigenvalue weighted by atomic mass is 9.76. The van der Waals surface area contributed by atoms with Crippen molar-refractivity contribution < 1.29 is 0 Å². The molecule has 0 aliphatic heterocycles. The smallest absolute Gasteiger partial charge is 0.0640 e. The van der Waals surface area contributed by atoms with Crippen LogP contribution in [-0.4, -0.2) is 0 Å². The molecule has 2 unspecified atom stereocenters. The van der Waals surface area contributed by atoms with E-state index in [4.69, 9.17) is 0 Å². The number of thiophene rings is 2. The summed E-state index contributed by atoms with van der Waals surface area (Å²) in [4.78, 5) is 3.82. The molecule has 49 heavy (non-hydrogen) atoms. The van der Waals surface area contributed by atoms with E-state index in [-0.39, 0.29) is 0 Å². The first kappa shape index (κ1) is 28.5. The molecule has 0 radical (unpaired) electrons. The molecular weight excluding hydrogens is 631 g/mol. The molecule has 0 N–H and O–H groups in total. The van der Waals surface area contributed by atoms with Gasteiger partial charge < -0.3 is 4.90 Å². The van der Waals surface area contributed by atoms with Gasteiger partial charge in [0.2, 0.25) is 0 Å². The highest BCUT2D eigenvalue weighted by Crippen LogP contribution is 2.48. The molecule has 0 amide bonds. The van der Waals surface area contributed by atoms with Gasteiger partial charge in [-0.25, -0.2) is 0 Å². The van der Waals surface area contributed by atoms with Gasteiger partial charge in [0.1, 0.15) is 0 Å². The highest BCUT2D eigenvalue weighted by molar-refractivity contribution is 7.26. The number of nitrogens with zero attached hydrogens (tertiary/aromatic N) is 1. The highest BCUT2D eigenvalue weighted by atomic mass is 32.1. The summed E-state index contributed by atoms with van der Waals surface area (Å²) in [6.45, 7) is 0. The zero-order valence-electron chi connectivity index (χ0n) is 26.7. The van der Waals surface area contributed by atoms with Gasteiger partial charge in [-0.3, -0.25) is 0 Å². The summed E-state index contributed by atoms with van der Waals surface area (Å²) < 4.78 is 3.98. The lowest BCUT2D eigenvalue weighted by molar-refractivity contribution is 0.702. The molecule has 0 saturated carbocycles. The van der Waals surface area contributed by atoms with Gasteiger partial charge in [-0.15, -0.1) is 22.7 Å². The molecule has 2 atom stereocenters. The van der Waals surface area contributed by atoms with E-state index in [1.165, 1.54) is 68.6 Å². The van der Waals surface area contributed by atoms with Crippen LogP contribution in [0.4, 0.5) is 17.1 Å². The summed E-state index contributed by atoms with van der Waals surface area (Å²) in [5.41, 5.74) is 9.94. The third-order valence-corrected chi connectivity index (χ3v) is 12.4. The maximum Gasteiger partial charge on any atom is 0.0640 e. The number of anilines is 3. The molecule has 2 heterocycles. The van der Waals surface area contributed by atoms with Crippen molar-refractivity contribution in [1.29, 1.82) is 0 Å². The number of rotatable bonds is 5. The monoisotopic (exact) mass is 661 g/mol. The van der Waals surface area contributed by atoms with E-state index in [9.17, 15) is 0 Å². The van der Waals surface area contributed by atoms with E-state index < -0.39 is 0 Å². The van der Waals surface area contributed by atoms with Crippen LogP contribution in [0.25, 0.3) is 53.0 Å². The number of fused-ring (bicyclic) bond motifs is 8. The van der Waals surface area contributed by atoms with Crippen LogP contribution in [0.3, 0.4) is 0 Å². The predicted octanol–water partition coefficient (Wildman–Crippen LogP) is 13.8. The van der Waals surface area contributed by atoms with E-state index >= 15 is 0 Å². The highest BCUT2D eigenvalue weighted by Gasteiger charge is 2.29. The fourth-order valence-electron chi connectivity index (χ4n) is 7.67. The minimum atomic E-state index is 0.348. The van der Waals surface area contributed by atoms with Crippen molar-refractivity contribution in [1.82, 2.24) is 0 Å². The summed E-state index contributed by atoms with van der Waals surface area (Å²) in [6, 6.07) is 53.1. The van der Waals surface area contributed by atoms with Crippen molar-refractivity contribution in [3.05, 3.63) is 186 Å². The van der Waals surface area contributed by atoms with Crippen LogP contribution in [0.15, 0.2) is 170 Å². The molecule has 0 spiro atoms. The molecule has 2 aromatic heterocycles. The Morgan fingerprint density at radius 3 is 1.86 bits per heavy atom. The van der Waals surface area contributed by atoms with Crippen molar-refractivity contribution in [2.45, 2.75) is 5.92 Å². The first-order valence-electron chi connectivity index (χ1n) is 16.8. The molecule has 10 rings (SSSR count). The zero-order chi connectivity index (χ0) is 32.3. The molecule has 1 nitrogen and oxygen atoms in total. The maximum atomic E-state index is 2.50. The van der Waals surface area contributed by atoms with Crippen LogP contribution in [-0.2, 0) is 0 Å². The molecule has 0 fully saturated rings. The molecule has 2 aliphatic carbocycles. The Morgan fingerprint density at radius 2 is 1.08 bits per heavy atom. The Balaban J connectivity index is 1.07. The Labute approximate surface area is 294 Å². The van der Waals surface area contributed by atoms with Crippen molar-refractivity contribution in [2.75, 3.05) is 4.90 Å². The third-order valence-electron chi connectivity index (χ3n) is 10.1. The van der Waals surface area contributed by atoms with Crippen LogP contribution < -0.4 is 4.90 Å². The first-order chi connectivity index (χ1) is 24.3. The standard InChI is InChI=1S/C46H31NS2/c1-2-9-30(10-3-1)31-19-24-35(25-20-31)47(41-14-8-13-38-37-11-4-6-15-42(37)49-46(38)41)36-26-21-32(22-27-36)34-18-17-33-23-28-44-45(40(33)29-34)39-12-5-7-16-43(39)48-44/h1-29,33,40H. The maximum absolute atomic E-state index is 2.50. The molecule has 232 valence electrons. The van der Waals surface area contributed by atoms with E-state index in [2.05, 4.69) is 181 Å². The van der Waals surface area contributed by atoms with E-state index in [0.29, 0.717) is 11.8 Å². The SMILES string of the molecule is C1=CC2C=Cc3sc4ccccc4c3C2C=C1c1ccc(N(c2ccc(-c3ccccc3)cc2)c2cccc3c2sc2ccccc23)cc1. The van der Waals surface area contributed by atoms with Crippen molar-refractivity contribution in [2.24, 2.45) is 5.92 Å². The quantitative estimate of drug-likeness (QED) is 0.177. The van der Waals surface area contributed by atoms with Crippen LogP contribution in [0.2, 0.25) is 0 Å². The van der Waals surface area contributed by atoms with Gasteiger partial charge in [0.15, 0.2) is 0 Å².